The van der Waals surface area contributed by atoms with Crippen LogP contribution in [0.3, 0.4) is 0 Å². The number of carbonyl (C=O) groups is 2. The third kappa shape index (κ3) is 5.43. The first-order valence-electron chi connectivity index (χ1n) is 7.11. The highest BCUT2D eigenvalue weighted by Gasteiger charge is 2.09. The average Bonchev–Trinajstić information content (AvgIpc) is 2.97. The molecule has 0 aliphatic rings. The third-order valence-electron chi connectivity index (χ3n) is 2.98. The van der Waals surface area contributed by atoms with Crippen LogP contribution in [0.5, 0.6) is 5.75 Å². The molecule has 0 saturated carbocycles. The molecule has 9 heteroatoms. The Balaban J connectivity index is 1.65. The maximum atomic E-state index is 11.7. The van der Waals surface area contributed by atoms with E-state index in [1.54, 1.807) is 31.4 Å². The summed E-state index contributed by atoms with van der Waals surface area (Å²) in [5.74, 6) is -0.245. The third-order valence-corrected chi connectivity index (χ3v) is 3.51. The second-order valence-electron chi connectivity index (χ2n) is 4.93. The number of hydrazine groups is 1. The van der Waals surface area contributed by atoms with Gasteiger partial charge in [-0.25, -0.2) is 0 Å². The van der Waals surface area contributed by atoms with Crippen LogP contribution in [0.25, 0.3) is 0 Å². The van der Waals surface area contributed by atoms with Crippen molar-refractivity contribution in [2.75, 3.05) is 6.61 Å². The summed E-state index contributed by atoms with van der Waals surface area (Å²) >= 11 is 11.8. The van der Waals surface area contributed by atoms with Gasteiger partial charge in [-0.05, 0) is 24.6 Å². The first-order chi connectivity index (χ1) is 11.5. The molecule has 2 aromatic rings. The zero-order chi connectivity index (χ0) is 17.5. The topological polar surface area (TPSA) is 85.2 Å². The molecule has 0 radical (unpaired) electrons. The summed E-state index contributed by atoms with van der Waals surface area (Å²) in [6.45, 7) is 0.311. The van der Waals surface area contributed by atoms with Crippen molar-refractivity contribution in [3.63, 3.8) is 0 Å². The Labute approximate surface area is 148 Å². The molecule has 0 fully saturated rings. The first kappa shape index (κ1) is 18.1. The van der Waals surface area contributed by atoms with E-state index >= 15 is 0 Å². The van der Waals surface area contributed by atoms with Crippen molar-refractivity contribution >= 4 is 35.0 Å². The van der Waals surface area contributed by atoms with E-state index in [4.69, 9.17) is 27.9 Å². The van der Waals surface area contributed by atoms with E-state index in [9.17, 15) is 9.59 Å². The second kappa shape index (κ2) is 8.56. The summed E-state index contributed by atoms with van der Waals surface area (Å²) in [4.78, 5) is 23.4. The number of hydrogen-bond acceptors (Lipinski definition) is 4. The van der Waals surface area contributed by atoms with Crippen LogP contribution in [0.4, 0.5) is 0 Å². The molecule has 7 nitrogen and oxygen atoms in total. The predicted octanol–water partition coefficient (Wildman–Crippen LogP) is 2.35. The highest BCUT2D eigenvalue weighted by molar-refractivity contribution is 6.35. The van der Waals surface area contributed by atoms with Gasteiger partial charge in [-0.3, -0.25) is 25.1 Å². The van der Waals surface area contributed by atoms with Crippen molar-refractivity contribution in [2.45, 2.75) is 12.8 Å². The van der Waals surface area contributed by atoms with Crippen LogP contribution in [0, 0.1) is 0 Å². The number of aromatic nitrogens is 2. The number of carbonyl (C=O) groups excluding carboxylic acids is 2. The Morgan fingerprint density at radius 2 is 2.08 bits per heavy atom. The summed E-state index contributed by atoms with van der Waals surface area (Å²) in [7, 11) is 1.70. The van der Waals surface area contributed by atoms with Crippen LogP contribution in [-0.4, -0.2) is 28.2 Å². The molecule has 0 saturated heterocycles. The summed E-state index contributed by atoms with van der Waals surface area (Å²) in [5, 5.41) is 4.81. The Morgan fingerprint density at radius 1 is 1.29 bits per heavy atom. The van der Waals surface area contributed by atoms with Gasteiger partial charge in [0.15, 0.2) is 0 Å². The van der Waals surface area contributed by atoms with Gasteiger partial charge >= 0.3 is 0 Å². The van der Waals surface area contributed by atoms with E-state index in [0.29, 0.717) is 34.4 Å². The summed E-state index contributed by atoms with van der Waals surface area (Å²) < 4.78 is 6.97. The Kier molecular flexibility index (Phi) is 6.45. The number of hydrogen-bond donors (Lipinski definition) is 2. The van der Waals surface area contributed by atoms with Crippen LogP contribution in [-0.2, 0) is 11.8 Å². The lowest BCUT2D eigenvalue weighted by Gasteiger charge is -2.09. The molecule has 0 aliphatic heterocycles. The monoisotopic (exact) mass is 370 g/mol. The van der Waals surface area contributed by atoms with E-state index in [1.165, 1.54) is 10.9 Å². The van der Waals surface area contributed by atoms with Crippen molar-refractivity contribution in [3.05, 3.63) is 46.2 Å². The molecule has 2 N–H and O–H groups in total. The lowest BCUT2D eigenvalue weighted by atomic mass is 10.3. The zero-order valence-corrected chi connectivity index (χ0v) is 14.4. The molecule has 0 bridgehead atoms. The minimum Gasteiger partial charge on any atom is -0.492 e. The van der Waals surface area contributed by atoms with E-state index in [-0.39, 0.29) is 12.3 Å². The van der Waals surface area contributed by atoms with Gasteiger partial charge in [0, 0.05) is 24.7 Å². The Bertz CT molecular complexity index is 733. The fourth-order valence-corrected chi connectivity index (χ4v) is 2.27. The van der Waals surface area contributed by atoms with Gasteiger partial charge in [0.25, 0.3) is 5.91 Å². The van der Waals surface area contributed by atoms with Crippen LogP contribution < -0.4 is 15.6 Å². The predicted molar refractivity (Wildman–Crippen MR) is 90.0 cm³/mol. The minimum atomic E-state index is -0.430. The molecule has 2 rings (SSSR count). The molecule has 2 amide bonds. The van der Waals surface area contributed by atoms with Crippen molar-refractivity contribution < 1.29 is 14.3 Å². The maximum Gasteiger partial charge on any atom is 0.272 e. The molecule has 0 spiro atoms. The van der Waals surface area contributed by atoms with Gasteiger partial charge in [0.1, 0.15) is 5.75 Å². The number of ether oxygens (including phenoxy) is 1. The van der Waals surface area contributed by atoms with Gasteiger partial charge in [-0.1, -0.05) is 23.2 Å². The van der Waals surface area contributed by atoms with E-state index in [1.807, 2.05) is 0 Å². The maximum absolute atomic E-state index is 11.7. The number of halogens is 2. The summed E-state index contributed by atoms with van der Waals surface area (Å²) in [6.07, 6.45) is 3.61. The molecule has 0 atom stereocenters. The van der Waals surface area contributed by atoms with E-state index < -0.39 is 5.91 Å². The fraction of sp³-hybridized carbons (Fsp3) is 0.267. The SMILES string of the molecule is Cn1cc(C(=O)NNC(=O)CCCOc2ccc(Cl)cc2Cl)cn1. The molecular weight excluding hydrogens is 355 g/mol. The Morgan fingerprint density at radius 3 is 2.75 bits per heavy atom. The van der Waals surface area contributed by atoms with E-state index in [2.05, 4.69) is 16.0 Å². The fourth-order valence-electron chi connectivity index (χ4n) is 1.81. The van der Waals surface area contributed by atoms with Crippen molar-refractivity contribution in [2.24, 2.45) is 7.05 Å². The molecule has 0 unspecified atom stereocenters. The molecular formula is C15H16Cl2N4O3. The normalized spacial score (nSPS) is 10.3. The lowest BCUT2D eigenvalue weighted by molar-refractivity contribution is -0.122. The number of amides is 2. The Hall–Kier alpha value is -2.25. The number of rotatable bonds is 6. The summed E-state index contributed by atoms with van der Waals surface area (Å²) in [6, 6.07) is 4.92. The van der Waals surface area contributed by atoms with Crippen LogP contribution in [0.15, 0.2) is 30.6 Å². The van der Waals surface area contributed by atoms with Gasteiger partial charge in [-0.2, -0.15) is 5.10 Å². The second-order valence-corrected chi connectivity index (χ2v) is 5.78. The number of aryl methyl sites for hydroxylation is 1. The smallest absolute Gasteiger partial charge is 0.272 e. The molecule has 0 aliphatic carbocycles. The largest absolute Gasteiger partial charge is 0.492 e. The highest BCUT2D eigenvalue weighted by Crippen LogP contribution is 2.27. The van der Waals surface area contributed by atoms with E-state index in [0.717, 1.165) is 0 Å². The van der Waals surface area contributed by atoms with Crippen molar-refractivity contribution in [1.82, 2.24) is 20.6 Å². The first-order valence-corrected chi connectivity index (χ1v) is 7.87. The zero-order valence-electron chi connectivity index (χ0n) is 12.9. The summed E-state index contributed by atoms with van der Waals surface area (Å²) in [5.41, 5.74) is 5.01. The standard InChI is InChI=1S/C15H16Cl2N4O3/c1-21-9-10(8-18-21)15(23)20-19-14(22)3-2-6-24-13-5-4-11(16)7-12(13)17/h4-5,7-9H,2-3,6H2,1H3,(H,19,22)(H,20,23). The quantitative estimate of drug-likeness (QED) is 0.603. The number of benzene rings is 1. The minimum absolute atomic E-state index is 0.193. The lowest BCUT2D eigenvalue weighted by Crippen LogP contribution is -2.41. The van der Waals surface area contributed by atoms with Crippen LogP contribution in [0.1, 0.15) is 23.2 Å². The molecule has 1 heterocycles. The van der Waals surface area contributed by atoms with Crippen molar-refractivity contribution in [3.8, 4) is 5.75 Å². The molecule has 24 heavy (non-hydrogen) atoms. The molecule has 1 aromatic carbocycles. The van der Waals surface area contributed by atoms with Gasteiger partial charge in [0.05, 0.1) is 23.4 Å². The molecule has 128 valence electrons. The van der Waals surface area contributed by atoms with Gasteiger partial charge in [0.2, 0.25) is 5.91 Å². The van der Waals surface area contributed by atoms with Crippen LogP contribution >= 0.6 is 23.2 Å². The van der Waals surface area contributed by atoms with Crippen molar-refractivity contribution in [1.29, 1.82) is 0 Å². The van der Waals surface area contributed by atoms with Gasteiger partial charge in [-0.15, -0.1) is 0 Å². The number of nitrogens with one attached hydrogen (secondary N) is 2. The molecule has 1 aromatic heterocycles. The van der Waals surface area contributed by atoms with Crippen LogP contribution in [0.2, 0.25) is 10.0 Å². The average molecular weight is 371 g/mol. The number of nitrogens with zero attached hydrogens (tertiary/aromatic N) is 2. The highest BCUT2D eigenvalue weighted by atomic mass is 35.5. The van der Waals surface area contributed by atoms with Gasteiger partial charge < -0.3 is 4.74 Å².